The first kappa shape index (κ1) is 9.86. The molecule has 1 heterocycles. The molecule has 1 aromatic heterocycles. The van der Waals surface area contributed by atoms with Crippen molar-refractivity contribution in [2.45, 2.75) is 0 Å². The van der Waals surface area contributed by atoms with Gasteiger partial charge < -0.3 is 4.74 Å². The second-order valence-corrected chi connectivity index (χ2v) is 4.03. The lowest BCUT2D eigenvalue weighted by molar-refractivity contribution is 0.0601. The standard InChI is InChI=1S/C11H8O3S/c1-14-11(13)10-7-4-2-3-5-8(7)15-9(10)6-12/h2-6H,1H3. The van der Waals surface area contributed by atoms with E-state index >= 15 is 0 Å². The van der Waals surface area contributed by atoms with E-state index < -0.39 is 5.97 Å². The summed E-state index contributed by atoms with van der Waals surface area (Å²) >= 11 is 1.30. The minimum Gasteiger partial charge on any atom is -0.465 e. The number of hydrogen-bond donors (Lipinski definition) is 0. The van der Waals surface area contributed by atoms with Gasteiger partial charge >= 0.3 is 5.97 Å². The molecule has 0 aliphatic carbocycles. The Labute approximate surface area is 90.3 Å². The second-order valence-electron chi connectivity index (χ2n) is 2.95. The van der Waals surface area contributed by atoms with E-state index in [1.54, 1.807) is 0 Å². The number of aldehydes is 1. The molecule has 2 aromatic rings. The Morgan fingerprint density at radius 1 is 1.40 bits per heavy atom. The van der Waals surface area contributed by atoms with Gasteiger partial charge in [-0.1, -0.05) is 18.2 Å². The van der Waals surface area contributed by atoms with E-state index in [0.29, 0.717) is 16.7 Å². The van der Waals surface area contributed by atoms with E-state index in [-0.39, 0.29) is 0 Å². The Kier molecular flexibility index (Phi) is 2.51. The van der Waals surface area contributed by atoms with Crippen molar-refractivity contribution < 1.29 is 14.3 Å². The average molecular weight is 220 g/mol. The van der Waals surface area contributed by atoms with E-state index in [1.165, 1.54) is 18.4 Å². The highest BCUT2D eigenvalue weighted by Gasteiger charge is 2.18. The summed E-state index contributed by atoms with van der Waals surface area (Å²) in [5.41, 5.74) is 0.369. The molecule has 4 heteroatoms. The van der Waals surface area contributed by atoms with Crippen LogP contribution in [0.15, 0.2) is 24.3 Å². The molecule has 3 nitrogen and oxygen atoms in total. The molecule has 0 atom stereocenters. The molecule has 0 bridgehead atoms. The van der Waals surface area contributed by atoms with Gasteiger partial charge in [0, 0.05) is 10.1 Å². The van der Waals surface area contributed by atoms with Crippen LogP contribution in [0.25, 0.3) is 10.1 Å². The number of carbonyl (C=O) groups is 2. The molecule has 0 saturated heterocycles. The summed E-state index contributed by atoms with van der Waals surface area (Å²) in [7, 11) is 1.31. The van der Waals surface area contributed by atoms with Crippen molar-refractivity contribution >= 4 is 33.7 Å². The van der Waals surface area contributed by atoms with Crippen molar-refractivity contribution in [3.63, 3.8) is 0 Å². The fourth-order valence-corrected chi connectivity index (χ4v) is 2.47. The Bertz CT molecular complexity index is 528. The van der Waals surface area contributed by atoms with Crippen LogP contribution in [0, 0.1) is 0 Å². The van der Waals surface area contributed by atoms with Crippen LogP contribution in [0.2, 0.25) is 0 Å². The molecule has 76 valence electrons. The Balaban J connectivity index is 2.78. The quantitative estimate of drug-likeness (QED) is 0.577. The van der Waals surface area contributed by atoms with Gasteiger partial charge in [0.2, 0.25) is 0 Å². The highest BCUT2D eigenvalue weighted by Crippen LogP contribution is 2.30. The van der Waals surface area contributed by atoms with Crippen molar-refractivity contribution in [3.8, 4) is 0 Å². The SMILES string of the molecule is COC(=O)c1c(C=O)sc2ccccc12. The molecule has 15 heavy (non-hydrogen) atoms. The number of hydrogen-bond acceptors (Lipinski definition) is 4. The molecule has 0 aliphatic heterocycles. The Morgan fingerprint density at radius 3 is 2.80 bits per heavy atom. The number of rotatable bonds is 2. The smallest absolute Gasteiger partial charge is 0.340 e. The van der Waals surface area contributed by atoms with Gasteiger partial charge in [0.25, 0.3) is 0 Å². The molecule has 0 amide bonds. The normalized spacial score (nSPS) is 10.2. The van der Waals surface area contributed by atoms with Crippen LogP contribution in [0.1, 0.15) is 20.0 Å². The third-order valence-electron chi connectivity index (χ3n) is 2.12. The van der Waals surface area contributed by atoms with Crippen molar-refractivity contribution in [2.24, 2.45) is 0 Å². The van der Waals surface area contributed by atoms with E-state index in [2.05, 4.69) is 4.74 Å². The van der Waals surface area contributed by atoms with Crippen LogP contribution >= 0.6 is 11.3 Å². The summed E-state index contributed by atoms with van der Waals surface area (Å²) in [4.78, 5) is 22.7. The fraction of sp³-hybridized carbons (Fsp3) is 0.0909. The predicted octanol–water partition coefficient (Wildman–Crippen LogP) is 2.50. The van der Waals surface area contributed by atoms with Crippen molar-refractivity contribution in [3.05, 3.63) is 34.7 Å². The first-order valence-electron chi connectivity index (χ1n) is 4.33. The van der Waals surface area contributed by atoms with Crippen LogP contribution in [0.3, 0.4) is 0 Å². The van der Waals surface area contributed by atoms with Gasteiger partial charge in [-0.15, -0.1) is 11.3 Å². The molecule has 0 radical (unpaired) electrons. The topological polar surface area (TPSA) is 43.4 Å². The molecule has 0 aliphatic rings. The average Bonchev–Trinajstić information content (AvgIpc) is 2.66. The number of benzene rings is 1. The first-order valence-corrected chi connectivity index (χ1v) is 5.14. The van der Waals surface area contributed by atoms with Gasteiger partial charge in [-0.05, 0) is 6.07 Å². The van der Waals surface area contributed by atoms with Crippen LogP contribution in [0.5, 0.6) is 0 Å². The molecule has 0 unspecified atom stereocenters. The number of fused-ring (bicyclic) bond motifs is 1. The van der Waals surface area contributed by atoms with E-state index in [4.69, 9.17) is 0 Å². The predicted molar refractivity (Wildman–Crippen MR) is 58.6 cm³/mol. The van der Waals surface area contributed by atoms with E-state index in [9.17, 15) is 9.59 Å². The highest BCUT2D eigenvalue weighted by atomic mass is 32.1. The molecule has 0 fully saturated rings. The first-order chi connectivity index (χ1) is 7.27. The second kappa shape index (κ2) is 3.82. The minimum atomic E-state index is -0.463. The van der Waals surface area contributed by atoms with Crippen molar-refractivity contribution in [1.82, 2.24) is 0 Å². The number of carbonyl (C=O) groups excluding carboxylic acids is 2. The number of ether oxygens (including phenoxy) is 1. The number of methoxy groups -OCH3 is 1. The van der Waals surface area contributed by atoms with Gasteiger partial charge in [-0.2, -0.15) is 0 Å². The van der Waals surface area contributed by atoms with Gasteiger partial charge in [-0.25, -0.2) is 4.79 Å². The van der Waals surface area contributed by atoms with Gasteiger partial charge in [-0.3, -0.25) is 4.79 Å². The van der Waals surface area contributed by atoms with Crippen molar-refractivity contribution in [1.29, 1.82) is 0 Å². The van der Waals surface area contributed by atoms with Gasteiger partial charge in [0.15, 0.2) is 6.29 Å². The fourth-order valence-electron chi connectivity index (χ4n) is 1.46. The summed E-state index contributed by atoms with van der Waals surface area (Å²) in [6.45, 7) is 0. The largest absolute Gasteiger partial charge is 0.465 e. The molecule has 0 saturated carbocycles. The monoisotopic (exact) mass is 220 g/mol. The summed E-state index contributed by atoms with van der Waals surface area (Å²) in [6, 6.07) is 7.38. The zero-order valence-electron chi connectivity index (χ0n) is 8.02. The van der Waals surface area contributed by atoms with Gasteiger partial charge in [0.05, 0.1) is 17.6 Å². The highest BCUT2D eigenvalue weighted by molar-refractivity contribution is 7.21. The molecule has 1 aromatic carbocycles. The molecule has 0 N–H and O–H groups in total. The van der Waals surface area contributed by atoms with Crippen LogP contribution in [-0.2, 0) is 4.74 Å². The molecule has 0 spiro atoms. The molecular weight excluding hydrogens is 212 g/mol. The number of thiophene rings is 1. The van der Waals surface area contributed by atoms with Crippen LogP contribution in [-0.4, -0.2) is 19.4 Å². The lowest BCUT2D eigenvalue weighted by Crippen LogP contribution is -2.02. The summed E-state index contributed by atoms with van der Waals surface area (Å²) in [6.07, 6.45) is 0.691. The van der Waals surface area contributed by atoms with Crippen molar-refractivity contribution in [2.75, 3.05) is 7.11 Å². The lowest BCUT2D eigenvalue weighted by atomic mass is 10.1. The Morgan fingerprint density at radius 2 is 2.13 bits per heavy atom. The summed E-state index contributed by atoms with van der Waals surface area (Å²) in [5, 5.41) is 0.774. The van der Waals surface area contributed by atoms with E-state index in [0.717, 1.165) is 10.1 Å². The van der Waals surface area contributed by atoms with Crippen LogP contribution in [0.4, 0.5) is 0 Å². The summed E-state index contributed by atoms with van der Waals surface area (Å²) in [5.74, 6) is -0.463. The molecule has 2 rings (SSSR count). The Hall–Kier alpha value is -1.68. The van der Waals surface area contributed by atoms with E-state index in [1.807, 2.05) is 24.3 Å². The summed E-state index contributed by atoms with van der Waals surface area (Å²) < 4.78 is 5.57. The maximum atomic E-state index is 11.5. The maximum Gasteiger partial charge on any atom is 0.340 e. The zero-order chi connectivity index (χ0) is 10.8. The van der Waals surface area contributed by atoms with Gasteiger partial charge in [0.1, 0.15) is 0 Å². The number of esters is 1. The maximum absolute atomic E-state index is 11.5. The molecular formula is C11H8O3S. The lowest BCUT2D eigenvalue weighted by Gasteiger charge is -1.97. The zero-order valence-corrected chi connectivity index (χ0v) is 8.84. The van der Waals surface area contributed by atoms with Crippen LogP contribution < -0.4 is 0 Å². The third kappa shape index (κ3) is 1.53. The third-order valence-corrected chi connectivity index (χ3v) is 3.22. The minimum absolute atomic E-state index is 0.369.